The highest BCUT2D eigenvalue weighted by Crippen LogP contribution is 2.01. The molecule has 0 radical (unpaired) electrons. The Morgan fingerprint density at radius 3 is 2.18 bits per heavy atom. The summed E-state index contributed by atoms with van der Waals surface area (Å²) >= 11 is 0. The van der Waals surface area contributed by atoms with Crippen LogP contribution in [0.3, 0.4) is 0 Å². The predicted molar refractivity (Wildman–Crippen MR) is 49.2 cm³/mol. The molecule has 0 aliphatic carbocycles. The minimum absolute atomic E-state index is 0.297. The largest absolute Gasteiger partial charge is 0.387 e. The van der Waals surface area contributed by atoms with Crippen molar-refractivity contribution in [1.82, 2.24) is 0 Å². The van der Waals surface area contributed by atoms with Crippen molar-refractivity contribution in [2.75, 3.05) is 0 Å². The normalized spacial score (nSPS) is 15.6. The Balaban J connectivity index is 4.14. The maximum Gasteiger partial charge on any atom is 0.0913 e. The van der Waals surface area contributed by atoms with Crippen molar-refractivity contribution in [2.24, 2.45) is 4.99 Å². The van der Waals surface area contributed by atoms with Crippen LogP contribution in [0.15, 0.2) is 4.99 Å². The van der Waals surface area contributed by atoms with E-state index in [2.05, 4.69) is 4.99 Å². The van der Waals surface area contributed by atoms with Gasteiger partial charge in [0.15, 0.2) is 0 Å². The van der Waals surface area contributed by atoms with Crippen molar-refractivity contribution in [3.63, 3.8) is 0 Å². The average Bonchev–Trinajstić information content (AvgIpc) is 1.98. The number of aliphatic imine (C=N–C) groups is 1. The molecule has 2 nitrogen and oxygen atoms in total. The number of hydrogen-bond donors (Lipinski definition) is 1. The van der Waals surface area contributed by atoms with Gasteiger partial charge >= 0.3 is 0 Å². The molecule has 0 aliphatic heterocycles. The predicted octanol–water partition coefficient (Wildman–Crippen LogP) is 2.02. The van der Waals surface area contributed by atoms with Crippen molar-refractivity contribution in [3.05, 3.63) is 0 Å². The fourth-order valence-corrected chi connectivity index (χ4v) is 0.980. The molecular formula is C9H19NO. The Hall–Kier alpha value is -0.370. The molecule has 0 aromatic rings. The Bertz CT molecular complexity index is 130. The first-order chi connectivity index (χ1) is 5.11. The second-order valence-corrected chi connectivity index (χ2v) is 2.99. The molecule has 0 spiro atoms. The summed E-state index contributed by atoms with van der Waals surface area (Å²) in [5, 5.41) is 9.44. The molecule has 1 N–H and O–H groups in total. The third-order valence-corrected chi connectivity index (χ3v) is 1.56. The lowest BCUT2D eigenvalue weighted by atomic mass is 10.1. The van der Waals surface area contributed by atoms with Gasteiger partial charge < -0.3 is 5.11 Å². The van der Waals surface area contributed by atoms with E-state index < -0.39 is 0 Å². The molecule has 66 valence electrons. The average molecular weight is 157 g/mol. The smallest absolute Gasteiger partial charge is 0.0913 e. The number of hydrogen-bond acceptors (Lipinski definition) is 2. The van der Waals surface area contributed by atoms with E-state index in [1.54, 1.807) is 0 Å². The summed E-state index contributed by atoms with van der Waals surface area (Å²) in [5.74, 6) is 0. The molecule has 11 heavy (non-hydrogen) atoms. The second-order valence-electron chi connectivity index (χ2n) is 2.99. The van der Waals surface area contributed by atoms with Crippen LogP contribution in [0.4, 0.5) is 0 Å². The molecule has 0 rings (SSSR count). The quantitative estimate of drug-likeness (QED) is 0.622. The van der Waals surface area contributed by atoms with Crippen LogP contribution in [0.25, 0.3) is 0 Å². The Morgan fingerprint density at radius 1 is 1.36 bits per heavy atom. The fraction of sp³-hybridized carbons (Fsp3) is 0.889. The van der Waals surface area contributed by atoms with Crippen LogP contribution in [-0.2, 0) is 0 Å². The third kappa shape index (κ3) is 4.14. The van der Waals surface area contributed by atoms with Crippen molar-refractivity contribution in [1.29, 1.82) is 0 Å². The van der Waals surface area contributed by atoms with Gasteiger partial charge in [-0.15, -0.1) is 0 Å². The molecule has 2 heteroatoms. The topological polar surface area (TPSA) is 32.6 Å². The Morgan fingerprint density at radius 2 is 1.91 bits per heavy atom. The Labute approximate surface area is 69.3 Å². The SMILES string of the molecule is CCC(=NC(C)C)C(O)CC. The molecule has 0 fully saturated rings. The molecule has 0 saturated heterocycles. The van der Waals surface area contributed by atoms with E-state index in [-0.39, 0.29) is 6.10 Å². The van der Waals surface area contributed by atoms with Gasteiger partial charge in [0.2, 0.25) is 0 Å². The zero-order valence-electron chi connectivity index (χ0n) is 7.96. The van der Waals surface area contributed by atoms with E-state index in [1.165, 1.54) is 0 Å². The summed E-state index contributed by atoms with van der Waals surface area (Å²) in [6.45, 7) is 8.05. The summed E-state index contributed by atoms with van der Waals surface area (Å²) in [4.78, 5) is 4.33. The van der Waals surface area contributed by atoms with Crippen molar-refractivity contribution in [2.45, 2.75) is 52.7 Å². The lowest BCUT2D eigenvalue weighted by Gasteiger charge is -2.11. The van der Waals surface area contributed by atoms with Crippen molar-refractivity contribution < 1.29 is 5.11 Å². The second kappa shape index (κ2) is 5.30. The van der Waals surface area contributed by atoms with Gasteiger partial charge in [0.05, 0.1) is 6.10 Å². The zero-order valence-corrected chi connectivity index (χ0v) is 7.96. The highest BCUT2D eigenvalue weighted by Gasteiger charge is 2.07. The molecule has 0 aromatic carbocycles. The summed E-state index contributed by atoms with van der Waals surface area (Å²) in [6, 6.07) is 0.297. The first-order valence-corrected chi connectivity index (χ1v) is 4.36. The molecule has 1 unspecified atom stereocenters. The number of aliphatic hydroxyl groups is 1. The molecule has 0 bridgehead atoms. The van der Waals surface area contributed by atoms with Crippen LogP contribution in [-0.4, -0.2) is 23.0 Å². The van der Waals surface area contributed by atoms with Crippen molar-refractivity contribution >= 4 is 5.71 Å². The molecule has 0 saturated carbocycles. The summed E-state index contributed by atoms with van der Waals surface area (Å²) in [7, 11) is 0. The Kier molecular flexibility index (Phi) is 5.12. The molecule has 0 aromatic heterocycles. The highest BCUT2D eigenvalue weighted by molar-refractivity contribution is 5.88. The number of nitrogens with zero attached hydrogens (tertiary/aromatic N) is 1. The molecular weight excluding hydrogens is 138 g/mol. The molecule has 0 heterocycles. The summed E-state index contributed by atoms with van der Waals surface area (Å²) in [5.41, 5.74) is 0.933. The number of aliphatic hydroxyl groups excluding tert-OH is 1. The van der Waals surface area contributed by atoms with Gasteiger partial charge in [-0.2, -0.15) is 0 Å². The van der Waals surface area contributed by atoms with Gasteiger partial charge in [0.25, 0.3) is 0 Å². The van der Waals surface area contributed by atoms with Gasteiger partial charge in [0.1, 0.15) is 0 Å². The monoisotopic (exact) mass is 157 g/mol. The van der Waals surface area contributed by atoms with Crippen LogP contribution in [0, 0.1) is 0 Å². The van der Waals surface area contributed by atoms with Crippen LogP contribution >= 0.6 is 0 Å². The standard InChI is InChI=1S/C9H19NO/c1-5-8(9(11)6-2)10-7(3)4/h7,9,11H,5-6H2,1-4H3. The number of rotatable bonds is 4. The minimum atomic E-state index is -0.331. The van der Waals surface area contributed by atoms with E-state index in [0.29, 0.717) is 6.04 Å². The van der Waals surface area contributed by atoms with E-state index in [0.717, 1.165) is 18.6 Å². The van der Waals surface area contributed by atoms with Crippen LogP contribution in [0.2, 0.25) is 0 Å². The van der Waals surface area contributed by atoms with Gasteiger partial charge in [0, 0.05) is 11.8 Å². The maximum atomic E-state index is 9.44. The van der Waals surface area contributed by atoms with Gasteiger partial charge in [-0.25, -0.2) is 0 Å². The third-order valence-electron chi connectivity index (χ3n) is 1.56. The van der Waals surface area contributed by atoms with E-state index >= 15 is 0 Å². The van der Waals surface area contributed by atoms with Crippen molar-refractivity contribution in [3.8, 4) is 0 Å². The minimum Gasteiger partial charge on any atom is -0.387 e. The van der Waals surface area contributed by atoms with Gasteiger partial charge in [-0.3, -0.25) is 4.99 Å². The summed E-state index contributed by atoms with van der Waals surface area (Å²) < 4.78 is 0. The highest BCUT2D eigenvalue weighted by atomic mass is 16.3. The van der Waals surface area contributed by atoms with E-state index in [4.69, 9.17) is 0 Å². The van der Waals surface area contributed by atoms with Gasteiger partial charge in [-0.05, 0) is 26.7 Å². The van der Waals surface area contributed by atoms with E-state index in [9.17, 15) is 5.11 Å². The maximum absolute atomic E-state index is 9.44. The molecule has 0 amide bonds. The fourth-order valence-electron chi connectivity index (χ4n) is 0.980. The lowest BCUT2D eigenvalue weighted by molar-refractivity contribution is 0.234. The van der Waals surface area contributed by atoms with Crippen LogP contribution in [0.1, 0.15) is 40.5 Å². The molecule has 1 atom stereocenters. The summed E-state index contributed by atoms with van der Waals surface area (Å²) in [6.07, 6.45) is 1.29. The van der Waals surface area contributed by atoms with Gasteiger partial charge in [-0.1, -0.05) is 13.8 Å². The van der Waals surface area contributed by atoms with E-state index in [1.807, 2.05) is 27.7 Å². The van der Waals surface area contributed by atoms with Crippen LogP contribution < -0.4 is 0 Å². The lowest BCUT2D eigenvalue weighted by Crippen LogP contribution is -2.19. The van der Waals surface area contributed by atoms with Crippen LogP contribution in [0.5, 0.6) is 0 Å². The zero-order chi connectivity index (χ0) is 8.85. The molecule has 0 aliphatic rings. The first-order valence-electron chi connectivity index (χ1n) is 4.36. The first kappa shape index (κ1) is 10.6.